The summed E-state index contributed by atoms with van der Waals surface area (Å²) in [4.78, 5) is 17.6. The molecule has 10 heteroatoms. The summed E-state index contributed by atoms with van der Waals surface area (Å²) in [5, 5.41) is 0. The van der Waals surface area contributed by atoms with Crippen molar-refractivity contribution in [3.05, 3.63) is 30.3 Å². The van der Waals surface area contributed by atoms with Crippen molar-refractivity contribution in [2.45, 2.75) is 4.90 Å². The van der Waals surface area contributed by atoms with Crippen LogP contribution >= 0.6 is 38.9 Å². The lowest BCUT2D eigenvalue weighted by atomic mass is 10.4. The van der Waals surface area contributed by atoms with Gasteiger partial charge in [-0.3, -0.25) is 0 Å². The molecule has 0 amide bonds. The van der Waals surface area contributed by atoms with E-state index in [4.69, 9.17) is 9.79 Å². The summed E-state index contributed by atoms with van der Waals surface area (Å²) in [6.07, 6.45) is 0. The van der Waals surface area contributed by atoms with E-state index >= 15 is 0 Å². The second kappa shape index (κ2) is 5.71. The molecule has 0 bridgehead atoms. The van der Waals surface area contributed by atoms with E-state index in [1.165, 1.54) is 0 Å². The fourth-order valence-corrected chi connectivity index (χ4v) is 5.54. The van der Waals surface area contributed by atoms with Crippen LogP contribution < -0.4 is 0 Å². The Hall–Kier alpha value is 0.220. The van der Waals surface area contributed by atoms with Gasteiger partial charge in [-0.15, -0.1) is 0 Å². The number of hydrogen-bond donors (Lipinski definition) is 3. The highest BCUT2D eigenvalue weighted by molar-refractivity contribution is 8.56. The third-order valence-corrected chi connectivity index (χ3v) is 6.93. The lowest BCUT2D eigenvalue weighted by Crippen LogP contribution is -1.85. The van der Waals surface area contributed by atoms with Crippen molar-refractivity contribution in [1.29, 1.82) is 0 Å². The molecule has 1 atom stereocenters. The predicted molar refractivity (Wildman–Crippen MR) is 63.1 cm³/mol. The van der Waals surface area contributed by atoms with Crippen LogP contribution in [-0.2, 0) is 17.4 Å². The molecule has 1 aromatic rings. The van der Waals surface area contributed by atoms with Crippen molar-refractivity contribution in [3.63, 3.8) is 0 Å². The number of benzene rings is 1. The topological polar surface area (TPSA) is 93.1 Å². The normalized spacial score (nSPS) is 15.7. The van der Waals surface area contributed by atoms with Crippen molar-refractivity contribution < 1.29 is 27.2 Å². The van der Waals surface area contributed by atoms with Gasteiger partial charge >= 0.3 is 14.6 Å². The largest absolute Gasteiger partial charge is 0.477 e. The first-order chi connectivity index (χ1) is 7.35. The van der Waals surface area contributed by atoms with E-state index in [-0.39, 0.29) is 0 Å². The van der Waals surface area contributed by atoms with Gasteiger partial charge in [-0.1, -0.05) is 18.2 Å². The summed E-state index contributed by atoms with van der Waals surface area (Å²) in [6.45, 7) is -4.03. The van der Waals surface area contributed by atoms with Crippen LogP contribution in [0.15, 0.2) is 35.2 Å². The van der Waals surface area contributed by atoms with Crippen molar-refractivity contribution in [1.82, 2.24) is 0 Å². The minimum absolute atomic E-state index is 0.480. The van der Waals surface area contributed by atoms with Crippen molar-refractivity contribution in [3.8, 4) is 0 Å². The van der Waals surface area contributed by atoms with E-state index in [0.717, 1.165) is 0 Å². The lowest BCUT2D eigenvalue weighted by molar-refractivity contribution is 0.276. The minimum Gasteiger partial charge on any atom is -0.302 e. The Labute approximate surface area is 101 Å². The molecule has 0 aromatic heterocycles. The van der Waals surface area contributed by atoms with Gasteiger partial charge in [0.1, 0.15) is 0 Å². The molecule has 0 aliphatic rings. The summed E-state index contributed by atoms with van der Waals surface area (Å²) in [6, 6.07) is 8.26. The van der Waals surface area contributed by atoms with Crippen molar-refractivity contribution in [2.24, 2.45) is 0 Å². The average molecular weight is 302 g/mol. The molecule has 16 heavy (non-hydrogen) atoms. The summed E-state index contributed by atoms with van der Waals surface area (Å²) < 4.78 is 30.6. The zero-order chi connectivity index (χ0) is 12.2. The molecule has 90 valence electrons. The number of phosphoric acid groups is 1. The van der Waals surface area contributed by atoms with Crippen LogP contribution in [-0.4, -0.2) is 9.79 Å². The zero-order valence-corrected chi connectivity index (χ0v) is 11.2. The molecule has 0 heterocycles. The van der Waals surface area contributed by atoms with E-state index in [9.17, 15) is 9.13 Å². The highest BCUT2D eigenvalue weighted by Gasteiger charge is 2.35. The Balaban J connectivity index is 2.83. The minimum atomic E-state index is -4.90. The quantitative estimate of drug-likeness (QED) is 0.437. The Morgan fingerprint density at radius 3 is 2.19 bits per heavy atom. The van der Waals surface area contributed by atoms with Crippen molar-refractivity contribution >= 4 is 38.9 Å². The van der Waals surface area contributed by atoms with Gasteiger partial charge in [0.05, 0.1) is 0 Å². The molecular formula is C6H8O6P2S2. The Kier molecular flexibility index (Phi) is 5.10. The van der Waals surface area contributed by atoms with E-state index in [1.54, 1.807) is 30.3 Å². The van der Waals surface area contributed by atoms with Crippen LogP contribution in [0.5, 0.6) is 0 Å². The summed E-state index contributed by atoms with van der Waals surface area (Å²) in [5.41, 5.74) is 0. The Morgan fingerprint density at radius 2 is 1.75 bits per heavy atom. The van der Waals surface area contributed by atoms with Gasteiger partial charge in [-0.25, -0.2) is 13.1 Å². The smallest absolute Gasteiger partial charge is 0.302 e. The van der Waals surface area contributed by atoms with Gasteiger partial charge in [0.2, 0.25) is 0 Å². The van der Waals surface area contributed by atoms with Gasteiger partial charge in [0.15, 0.2) is 0 Å². The fraction of sp³-hybridized carbons (Fsp3) is 0. The number of rotatable bonds is 5. The highest BCUT2D eigenvalue weighted by Crippen LogP contribution is 2.71. The second-order valence-corrected chi connectivity index (χ2v) is 8.23. The first kappa shape index (κ1) is 14.3. The first-order valence-electron chi connectivity index (χ1n) is 3.79. The molecule has 0 aliphatic carbocycles. The average Bonchev–Trinajstić information content (AvgIpc) is 2.16. The van der Waals surface area contributed by atoms with E-state index < -0.39 is 14.6 Å². The molecule has 0 radical (unpaired) electrons. The molecule has 1 unspecified atom stereocenters. The van der Waals surface area contributed by atoms with Crippen LogP contribution in [0, 0.1) is 0 Å². The fourth-order valence-electron chi connectivity index (χ4n) is 0.789. The van der Waals surface area contributed by atoms with Crippen LogP contribution in [0.4, 0.5) is 0 Å². The monoisotopic (exact) mass is 302 g/mol. The van der Waals surface area contributed by atoms with Crippen LogP contribution in [0.25, 0.3) is 0 Å². The van der Waals surface area contributed by atoms with E-state index in [2.05, 4.69) is 21.2 Å². The predicted octanol–water partition coefficient (Wildman–Crippen LogP) is 2.86. The number of hydrogen-bond acceptors (Lipinski definition) is 6. The molecule has 0 fully saturated rings. The first-order valence-corrected chi connectivity index (χ1v) is 8.65. The van der Waals surface area contributed by atoms with Crippen molar-refractivity contribution in [2.75, 3.05) is 0 Å². The Bertz CT molecular complexity index is 432. The standard InChI is InChI=1S/C6H8O6P2S2/c7-13(8,9)11-14(10,12-15)16-6-4-2-1-3-5-6/h1-5,15H,(H2,7,8,9). The maximum atomic E-state index is 11.7. The molecule has 0 saturated heterocycles. The summed E-state index contributed by atoms with van der Waals surface area (Å²) >= 11 is 3.85. The highest BCUT2D eigenvalue weighted by atomic mass is 32.7. The van der Waals surface area contributed by atoms with Gasteiger partial charge in [-0.05, 0) is 36.4 Å². The van der Waals surface area contributed by atoms with E-state index in [0.29, 0.717) is 16.3 Å². The van der Waals surface area contributed by atoms with Crippen LogP contribution in [0.2, 0.25) is 0 Å². The van der Waals surface area contributed by atoms with E-state index in [1.807, 2.05) is 0 Å². The summed E-state index contributed by atoms with van der Waals surface area (Å²) in [7, 11) is -4.90. The summed E-state index contributed by atoms with van der Waals surface area (Å²) in [5.74, 6) is 0. The molecule has 1 rings (SSSR count). The maximum absolute atomic E-state index is 11.7. The molecule has 2 N–H and O–H groups in total. The molecule has 0 saturated carbocycles. The third-order valence-electron chi connectivity index (χ3n) is 1.27. The maximum Gasteiger partial charge on any atom is 0.477 e. The molecule has 6 nitrogen and oxygen atoms in total. The molecule has 0 aliphatic heterocycles. The van der Waals surface area contributed by atoms with Gasteiger partial charge in [-0.2, -0.15) is 4.31 Å². The second-order valence-electron chi connectivity index (χ2n) is 2.51. The van der Waals surface area contributed by atoms with Gasteiger partial charge < -0.3 is 9.79 Å². The van der Waals surface area contributed by atoms with Crippen LogP contribution in [0.3, 0.4) is 0 Å². The van der Waals surface area contributed by atoms with Gasteiger partial charge in [0.25, 0.3) is 0 Å². The SMILES string of the molecule is O=P(O)(O)OP(=O)(OS)Sc1ccccc1. The molecular weight excluding hydrogens is 294 g/mol. The third kappa shape index (κ3) is 5.03. The Morgan fingerprint density at radius 1 is 1.19 bits per heavy atom. The lowest BCUT2D eigenvalue weighted by Gasteiger charge is -2.14. The van der Waals surface area contributed by atoms with Crippen LogP contribution in [0.1, 0.15) is 0 Å². The number of thiol groups is 1. The molecule has 0 spiro atoms. The van der Waals surface area contributed by atoms with Gasteiger partial charge in [0, 0.05) is 4.90 Å². The zero-order valence-electron chi connectivity index (χ0n) is 7.66. The molecule has 1 aromatic carbocycles.